The van der Waals surface area contributed by atoms with E-state index in [1.807, 2.05) is 0 Å². The zero-order valence-electron chi connectivity index (χ0n) is 6.38. The van der Waals surface area contributed by atoms with Crippen LogP contribution in [0.1, 0.15) is 24.3 Å². The van der Waals surface area contributed by atoms with E-state index in [9.17, 15) is 0 Å². The molecule has 0 amide bonds. The van der Waals surface area contributed by atoms with Gasteiger partial charge in [-0.05, 0) is 47.3 Å². The predicted octanol–water partition coefficient (Wildman–Crippen LogP) is 3.16. The molecule has 59 valence electrons. The van der Waals surface area contributed by atoms with Gasteiger partial charge in [-0.2, -0.15) is 11.8 Å². The molecule has 2 heteroatoms. The van der Waals surface area contributed by atoms with Crippen LogP contribution >= 0.6 is 23.1 Å². The molecule has 1 fully saturated rings. The Morgan fingerprint density at radius 1 is 1.36 bits per heavy atom. The molecule has 2 heterocycles. The van der Waals surface area contributed by atoms with Gasteiger partial charge in [-0.3, -0.25) is 0 Å². The summed E-state index contributed by atoms with van der Waals surface area (Å²) in [5, 5.41) is 5.48. The van der Waals surface area contributed by atoms with E-state index in [-0.39, 0.29) is 0 Å². The quantitative estimate of drug-likeness (QED) is 0.644. The maximum atomic E-state index is 3.34. The summed E-state index contributed by atoms with van der Waals surface area (Å²) in [5.41, 5.74) is 1.45. The molecule has 0 aromatic carbocycles. The zero-order valence-corrected chi connectivity index (χ0v) is 8.01. The fourth-order valence-corrected chi connectivity index (χ4v) is 3.23. The first kappa shape index (κ1) is 7.69. The van der Waals surface area contributed by atoms with Crippen LogP contribution in [0, 0.1) is 5.38 Å². The minimum absolute atomic E-state index is 0.822. The highest BCUT2D eigenvalue weighted by Crippen LogP contribution is 2.31. The van der Waals surface area contributed by atoms with E-state index in [2.05, 4.69) is 28.6 Å². The Bertz CT molecular complexity index is 197. The number of hydrogen-bond donors (Lipinski definition) is 0. The first-order valence-corrected chi connectivity index (χ1v) is 6.03. The van der Waals surface area contributed by atoms with E-state index in [0.29, 0.717) is 0 Å². The molecule has 0 atom stereocenters. The van der Waals surface area contributed by atoms with E-state index in [4.69, 9.17) is 0 Å². The van der Waals surface area contributed by atoms with Crippen LogP contribution in [0.4, 0.5) is 0 Å². The lowest BCUT2D eigenvalue weighted by Gasteiger charge is -2.19. The van der Waals surface area contributed by atoms with E-state index >= 15 is 0 Å². The van der Waals surface area contributed by atoms with Crippen molar-refractivity contribution in [2.45, 2.75) is 18.8 Å². The molecular weight excluding hydrogens is 172 g/mol. The van der Waals surface area contributed by atoms with E-state index in [1.165, 1.54) is 29.9 Å². The molecule has 0 aliphatic carbocycles. The van der Waals surface area contributed by atoms with Crippen molar-refractivity contribution in [1.29, 1.82) is 0 Å². The molecule has 1 aromatic heterocycles. The molecule has 1 aromatic rings. The Hall–Kier alpha value is 0.0500. The summed E-state index contributed by atoms with van der Waals surface area (Å²) in [5.74, 6) is 3.50. The Labute approximate surface area is 76.0 Å². The van der Waals surface area contributed by atoms with Gasteiger partial charge in [-0.15, -0.1) is 11.3 Å². The third-order valence-electron chi connectivity index (χ3n) is 2.15. The molecule has 0 bridgehead atoms. The van der Waals surface area contributed by atoms with Crippen molar-refractivity contribution in [1.82, 2.24) is 0 Å². The highest BCUT2D eigenvalue weighted by atomic mass is 32.2. The summed E-state index contributed by atoms with van der Waals surface area (Å²) in [7, 11) is 0. The number of thioether (sulfide) groups is 1. The molecule has 0 N–H and O–H groups in total. The SMILES string of the molecule is [c]1sccc1C1CCSCC1. The van der Waals surface area contributed by atoms with Crippen molar-refractivity contribution in [3.05, 3.63) is 22.4 Å². The number of hydrogen-bond acceptors (Lipinski definition) is 2. The molecule has 2 rings (SSSR count). The van der Waals surface area contributed by atoms with E-state index in [1.54, 1.807) is 11.3 Å². The average Bonchev–Trinajstić information content (AvgIpc) is 2.58. The molecule has 0 nitrogen and oxygen atoms in total. The van der Waals surface area contributed by atoms with Gasteiger partial charge in [0.15, 0.2) is 0 Å². The Morgan fingerprint density at radius 2 is 2.18 bits per heavy atom. The van der Waals surface area contributed by atoms with Crippen LogP contribution in [0.3, 0.4) is 0 Å². The summed E-state index contributed by atoms with van der Waals surface area (Å²) in [6.07, 6.45) is 2.72. The van der Waals surface area contributed by atoms with Gasteiger partial charge in [-0.1, -0.05) is 0 Å². The second kappa shape index (κ2) is 3.63. The highest BCUT2D eigenvalue weighted by molar-refractivity contribution is 7.99. The lowest BCUT2D eigenvalue weighted by molar-refractivity contribution is 0.639. The first-order valence-electron chi connectivity index (χ1n) is 3.99. The molecule has 1 radical (unpaired) electrons. The Morgan fingerprint density at radius 3 is 2.82 bits per heavy atom. The van der Waals surface area contributed by atoms with Crippen LogP contribution in [-0.4, -0.2) is 11.5 Å². The molecule has 1 aliphatic heterocycles. The van der Waals surface area contributed by atoms with Crippen molar-refractivity contribution >= 4 is 23.1 Å². The summed E-state index contributed by atoms with van der Waals surface area (Å²) >= 11 is 3.79. The van der Waals surface area contributed by atoms with Gasteiger partial charge in [0, 0.05) is 5.38 Å². The topological polar surface area (TPSA) is 0 Å². The molecule has 1 aliphatic rings. The van der Waals surface area contributed by atoms with Crippen LogP contribution in [-0.2, 0) is 0 Å². The second-order valence-corrected chi connectivity index (χ2v) is 4.80. The third-order valence-corrected chi connectivity index (χ3v) is 3.83. The lowest BCUT2D eigenvalue weighted by atomic mass is 9.96. The van der Waals surface area contributed by atoms with Crippen molar-refractivity contribution in [2.24, 2.45) is 0 Å². The van der Waals surface area contributed by atoms with Crippen molar-refractivity contribution < 1.29 is 0 Å². The molecular formula is C9H11S2. The van der Waals surface area contributed by atoms with Crippen molar-refractivity contribution in [3.8, 4) is 0 Å². The van der Waals surface area contributed by atoms with Gasteiger partial charge < -0.3 is 0 Å². The molecule has 1 saturated heterocycles. The maximum absolute atomic E-state index is 3.34. The largest absolute Gasteiger partial charge is 0.162 e. The van der Waals surface area contributed by atoms with Crippen LogP contribution < -0.4 is 0 Å². The third kappa shape index (κ3) is 1.79. The van der Waals surface area contributed by atoms with Gasteiger partial charge in [0.1, 0.15) is 0 Å². The first-order chi connectivity index (χ1) is 5.47. The average molecular weight is 183 g/mol. The zero-order chi connectivity index (χ0) is 7.52. The van der Waals surface area contributed by atoms with Gasteiger partial charge in [0.05, 0.1) is 0 Å². The normalized spacial score (nSPS) is 20.4. The minimum Gasteiger partial charge on any atom is -0.162 e. The monoisotopic (exact) mass is 183 g/mol. The fourth-order valence-electron chi connectivity index (χ4n) is 1.47. The minimum atomic E-state index is 0.822. The second-order valence-electron chi connectivity index (χ2n) is 2.86. The summed E-state index contributed by atoms with van der Waals surface area (Å²) in [4.78, 5) is 0. The van der Waals surface area contributed by atoms with Crippen LogP contribution in [0.5, 0.6) is 0 Å². The van der Waals surface area contributed by atoms with Gasteiger partial charge in [0.25, 0.3) is 0 Å². The predicted molar refractivity (Wildman–Crippen MR) is 52.5 cm³/mol. The Balaban J connectivity index is 2.04. The summed E-state index contributed by atoms with van der Waals surface area (Å²) < 4.78 is 0. The number of rotatable bonds is 1. The Kier molecular flexibility index (Phi) is 2.54. The highest BCUT2D eigenvalue weighted by Gasteiger charge is 2.15. The van der Waals surface area contributed by atoms with Crippen molar-refractivity contribution in [2.75, 3.05) is 11.5 Å². The molecule has 0 unspecified atom stereocenters. The van der Waals surface area contributed by atoms with Crippen molar-refractivity contribution in [3.63, 3.8) is 0 Å². The molecule has 0 saturated carbocycles. The van der Waals surface area contributed by atoms with Gasteiger partial charge in [0.2, 0.25) is 0 Å². The standard InChI is InChI=1S/C9H11S2/c1-4-10-5-2-8(1)9-3-6-11-7-9/h3,6,8H,1-2,4-5H2. The van der Waals surface area contributed by atoms with Gasteiger partial charge in [-0.25, -0.2) is 0 Å². The summed E-state index contributed by atoms with van der Waals surface area (Å²) in [6, 6.07) is 2.23. The fraction of sp³-hybridized carbons (Fsp3) is 0.556. The number of thiophene rings is 1. The lowest BCUT2D eigenvalue weighted by Crippen LogP contribution is -2.06. The van der Waals surface area contributed by atoms with E-state index in [0.717, 1.165) is 5.92 Å². The van der Waals surface area contributed by atoms with Gasteiger partial charge >= 0.3 is 0 Å². The van der Waals surface area contributed by atoms with E-state index < -0.39 is 0 Å². The summed E-state index contributed by atoms with van der Waals surface area (Å²) in [6.45, 7) is 0. The molecule has 11 heavy (non-hydrogen) atoms. The smallest absolute Gasteiger partial charge is 0.0480 e. The van der Waals surface area contributed by atoms with Crippen LogP contribution in [0.15, 0.2) is 11.4 Å². The molecule has 0 spiro atoms. The maximum Gasteiger partial charge on any atom is 0.0480 e. The van der Waals surface area contributed by atoms with Crippen LogP contribution in [0.25, 0.3) is 0 Å². The van der Waals surface area contributed by atoms with Crippen LogP contribution in [0.2, 0.25) is 0 Å².